The highest BCUT2D eigenvalue weighted by atomic mass is 35.5. The third-order valence-corrected chi connectivity index (χ3v) is 3.54. The molecule has 0 spiro atoms. The van der Waals surface area contributed by atoms with Crippen LogP contribution in [-0.2, 0) is 9.53 Å². The van der Waals surface area contributed by atoms with Gasteiger partial charge in [0.05, 0.1) is 22.4 Å². The minimum absolute atomic E-state index is 0.0679. The molecule has 1 amide bonds. The van der Waals surface area contributed by atoms with Gasteiger partial charge in [0.2, 0.25) is 5.91 Å². The first-order valence-electron chi connectivity index (χ1n) is 4.81. The number of rotatable bonds is 3. The highest BCUT2D eigenvalue weighted by Crippen LogP contribution is 2.22. The van der Waals surface area contributed by atoms with Crippen molar-refractivity contribution in [3.05, 3.63) is 21.3 Å². The molecule has 0 atom stereocenters. The van der Waals surface area contributed by atoms with Crippen LogP contribution in [0, 0.1) is 0 Å². The molecule has 0 unspecified atom stereocenters. The molecule has 86 valence electrons. The number of hydrogen-bond donors (Lipinski definition) is 0. The topological polar surface area (TPSA) is 46.6 Å². The van der Waals surface area contributed by atoms with Crippen molar-refractivity contribution in [1.82, 2.24) is 4.90 Å². The van der Waals surface area contributed by atoms with E-state index in [0.717, 1.165) is 0 Å². The lowest BCUT2D eigenvalue weighted by atomic mass is 10.3. The highest BCUT2D eigenvalue weighted by Gasteiger charge is 2.22. The normalized spacial score (nSPS) is 16.6. The second kappa shape index (κ2) is 4.95. The van der Waals surface area contributed by atoms with Crippen LogP contribution >= 0.6 is 22.9 Å². The summed E-state index contributed by atoms with van der Waals surface area (Å²) >= 11 is 6.97. The number of halogens is 1. The van der Waals surface area contributed by atoms with Crippen LogP contribution in [0.1, 0.15) is 9.67 Å². The third-order valence-electron chi connectivity index (χ3n) is 2.27. The van der Waals surface area contributed by atoms with E-state index in [2.05, 4.69) is 0 Å². The summed E-state index contributed by atoms with van der Waals surface area (Å²) in [7, 11) is 0. The number of ether oxygens (including phenoxy) is 1. The zero-order valence-electron chi connectivity index (χ0n) is 8.44. The maximum absolute atomic E-state index is 11.8. The van der Waals surface area contributed by atoms with E-state index in [-0.39, 0.29) is 24.8 Å². The van der Waals surface area contributed by atoms with Gasteiger partial charge in [0, 0.05) is 6.54 Å². The molecule has 2 rings (SSSR count). The van der Waals surface area contributed by atoms with Gasteiger partial charge in [-0.05, 0) is 12.1 Å². The van der Waals surface area contributed by atoms with Crippen molar-refractivity contribution >= 4 is 34.6 Å². The van der Waals surface area contributed by atoms with E-state index >= 15 is 0 Å². The van der Waals surface area contributed by atoms with Crippen molar-refractivity contribution in [1.29, 1.82) is 0 Å². The summed E-state index contributed by atoms with van der Waals surface area (Å²) in [5.74, 6) is -0.214. The molecule has 0 bridgehead atoms. The molecule has 1 fully saturated rings. The Morgan fingerprint density at radius 3 is 3.00 bits per heavy atom. The fraction of sp³-hybridized carbons (Fsp3) is 0.400. The summed E-state index contributed by atoms with van der Waals surface area (Å²) in [6, 6.07) is 3.36. The Labute approximate surface area is 102 Å². The van der Waals surface area contributed by atoms with E-state index in [1.807, 2.05) is 0 Å². The van der Waals surface area contributed by atoms with Crippen LogP contribution in [0.4, 0.5) is 0 Å². The van der Waals surface area contributed by atoms with Crippen LogP contribution in [0.15, 0.2) is 12.1 Å². The van der Waals surface area contributed by atoms with Gasteiger partial charge >= 0.3 is 0 Å². The molecule has 1 saturated heterocycles. The minimum atomic E-state index is -0.137. The maximum Gasteiger partial charge on any atom is 0.249 e. The smallest absolute Gasteiger partial charge is 0.249 e. The van der Waals surface area contributed by atoms with Gasteiger partial charge in [0.25, 0.3) is 0 Å². The molecule has 1 aromatic heterocycles. The van der Waals surface area contributed by atoms with Gasteiger partial charge in [-0.3, -0.25) is 9.59 Å². The monoisotopic (exact) mass is 259 g/mol. The van der Waals surface area contributed by atoms with Crippen molar-refractivity contribution in [3.63, 3.8) is 0 Å². The molecule has 6 heteroatoms. The number of nitrogens with zero attached hydrogens (tertiary/aromatic N) is 1. The van der Waals surface area contributed by atoms with E-state index < -0.39 is 0 Å². The lowest BCUT2D eigenvalue weighted by Crippen LogP contribution is -2.44. The lowest BCUT2D eigenvalue weighted by Gasteiger charge is -2.25. The van der Waals surface area contributed by atoms with Gasteiger partial charge in [-0.1, -0.05) is 11.6 Å². The summed E-state index contributed by atoms with van der Waals surface area (Å²) in [4.78, 5) is 25.3. The highest BCUT2D eigenvalue weighted by molar-refractivity contribution is 7.18. The van der Waals surface area contributed by atoms with Crippen molar-refractivity contribution in [3.8, 4) is 0 Å². The number of hydrogen-bond acceptors (Lipinski definition) is 4. The summed E-state index contributed by atoms with van der Waals surface area (Å²) in [5, 5.41) is 0. The first kappa shape index (κ1) is 11.6. The molecule has 1 aliphatic rings. The minimum Gasteiger partial charge on any atom is -0.370 e. The largest absolute Gasteiger partial charge is 0.370 e. The summed E-state index contributed by atoms with van der Waals surface area (Å²) in [6.07, 6.45) is 0. The van der Waals surface area contributed by atoms with Crippen molar-refractivity contribution in [2.75, 3.05) is 26.3 Å². The molecule has 1 aromatic rings. The van der Waals surface area contributed by atoms with E-state index in [1.54, 1.807) is 12.1 Å². The van der Waals surface area contributed by atoms with E-state index in [9.17, 15) is 9.59 Å². The van der Waals surface area contributed by atoms with E-state index in [4.69, 9.17) is 16.3 Å². The molecule has 16 heavy (non-hydrogen) atoms. The molecular formula is C10H10ClNO3S. The third kappa shape index (κ3) is 2.61. The standard InChI is InChI=1S/C10H10ClNO3S/c11-9-2-1-8(16-9)7(13)5-12-3-4-15-6-10(12)14/h1-2H,3-6H2. The average Bonchev–Trinajstić information content (AvgIpc) is 2.68. The van der Waals surface area contributed by atoms with Crippen LogP contribution in [0.3, 0.4) is 0 Å². The number of morpholine rings is 1. The maximum atomic E-state index is 11.8. The van der Waals surface area contributed by atoms with Crippen LogP contribution < -0.4 is 0 Å². The molecule has 0 saturated carbocycles. The molecule has 0 aliphatic carbocycles. The Balaban J connectivity index is 1.99. The van der Waals surface area contributed by atoms with Gasteiger partial charge in [-0.2, -0.15) is 0 Å². The second-order valence-corrected chi connectivity index (χ2v) is 5.11. The lowest BCUT2D eigenvalue weighted by molar-refractivity contribution is -0.141. The van der Waals surface area contributed by atoms with E-state index in [1.165, 1.54) is 16.2 Å². The number of carbonyl (C=O) groups is 2. The molecule has 4 nitrogen and oxygen atoms in total. The van der Waals surface area contributed by atoms with E-state index in [0.29, 0.717) is 22.4 Å². The Bertz CT molecular complexity index is 418. The van der Waals surface area contributed by atoms with Gasteiger partial charge in [-0.15, -0.1) is 11.3 Å². The van der Waals surface area contributed by atoms with Gasteiger partial charge in [-0.25, -0.2) is 0 Å². The van der Waals surface area contributed by atoms with Crippen molar-refractivity contribution in [2.24, 2.45) is 0 Å². The fourth-order valence-corrected chi connectivity index (χ4v) is 2.41. The number of amides is 1. The molecule has 0 N–H and O–H groups in total. The Kier molecular flexibility index (Phi) is 3.58. The Morgan fingerprint density at radius 2 is 2.38 bits per heavy atom. The quantitative estimate of drug-likeness (QED) is 0.772. The zero-order valence-corrected chi connectivity index (χ0v) is 10.0. The predicted molar refractivity (Wildman–Crippen MR) is 61.1 cm³/mol. The van der Waals surface area contributed by atoms with Gasteiger partial charge < -0.3 is 9.64 Å². The molecule has 2 heterocycles. The molecule has 1 aliphatic heterocycles. The molecule has 0 radical (unpaired) electrons. The molecule has 0 aromatic carbocycles. The summed E-state index contributed by atoms with van der Waals surface area (Å²) in [6.45, 7) is 1.14. The SMILES string of the molecule is O=C(CN1CCOCC1=O)c1ccc(Cl)s1. The summed E-state index contributed by atoms with van der Waals surface area (Å²) in [5.41, 5.74) is 0. The van der Waals surface area contributed by atoms with Crippen LogP contribution in [-0.4, -0.2) is 42.9 Å². The number of thiophene rings is 1. The number of ketones is 1. The number of carbonyl (C=O) groups excluding carboxylic acids is 2. The van der Waals surface area contributed by atoms with Gasteiger partial charge in [0.15, 0.2) is 5.78 Å². The van der Waals surface area contributed by atoms with Crippen LogP contribution in [0.2, 0.25) is 4.34 Å². The predicted octanol–water partition coefficient (Wildman–Crippen LogP) is 1.44. The Morgan fingerprint density at radius 1 is 1.56 bits per heavy atom. The van der Waals surface area contributed by atoms with Crippen molar-refractivity contribution < 1.29 is 14.3 Å². The van der Waals surface area contributed by atoms with Crippen LogP contribution in [0.25, 0.3) is 0 Å². The van der Waals surface area contributed by atoms with Crippen molar-refractivity contribution in [2.45, 2.75) is 0 Å². The average molecular weight is 260 g/mol. The molecular weight excluding hydrogens is 250 g/mol. The fourth-order valence-electron chi connectivity index (χ4n) is 1.43. The first-order chi connectivity index (χ1) is 7.66. The number of Topliss-reactive ketones (excluding diaryl/α,β-unsaturated/α-hetero) is 1. The second-order valence-electron chi connectivity index (χ2n) is 3.39. The summed E-state index contributed by atoms with van der Waals surface area (Å²) < 4.78 is 5.56. The first-order valence-corrected chi connectivity index (χ1v) is 6.00. The van der Waals surface area contributed by atoms with Crippen LogP contribution in [0.5, 0.6) is 0 Å². The zero-order chi connectivity index (χ0) is 11.5. The van der Waals surface area contributed by atoms with Gasteiger partial charge in [0.1, 0.15) is 6.61 Å². The Hall–Kier alpha value is -0.910.